The van der Waals surface area contributed by atoms with Gasteiger partial charge in [-0.2, -0.15) is 9.61 Å². The highest BCUT2D eigenvalue weighted by Gasteiger charge is 2.17. The van der Waals surface area contributed by atoms with E-state index in [9.17, 15) is 0 Å². The topological polar surface area (TPSA) is 52.3 Å². The van der Waals surface area contributed by atoms with Gasteiger partial charge in [-0.15, -0.1) is 10.2 Å². The number of fused-ring (bicyclic) bond motifs is 1. The maximum Gasteiger partial charge on any atom is 0.235 e. The van der Waals surface area contributed by atoms with Crippen molar-refractivity contribution in [1.29, 1.82) is 0 Å². The third kappa shape index (κ3) is 3.45. The highest BCUT2D eigenvalue weighted by Crippen LogP contribution is 2.31. The number of nitrogens with zero attached hydrogens (tertiary/aromatic N) is 4. The quantitative estimate of drug-likeness (QED) is 0.489. The number of ether oxygens (including phenoxy) is 1. The van der Waals surface area contributed by atoms with Gasteiger partial charge >= 0.3 is 0 Å². The standard InChI is InChI=1S/C21H22N4OS/c1-5-26-17-8-6-7-15(13-17)19-24-25-18(22-23-20(25)27-19)14-9-11-16(12-10-14)21(2,3)4/h6-13H,5H2,1-4H3. The molecule has 138 valence electrons. The van der Waals surface area contributed by atoms with Gasteiger partial charge in [-0.05, 0) is 30.0 Å². The first kappa shape index (κ1) is 17.7. The monoisotopic (exact) mass is 378 g/mol. The van der Waals surface area contributed by atoms with E-state index < -0.39 is 0 Å². The molecule has 2 heterocycles. The highest BCUT2D eigenvalue weighted by molar-refractivity contribution is 7.19. The van der Waals surface area contributed by atoms with Gasteiger partial charge in [0.25, 0.3) is 0 Å². The number of hydrogen-bond donors (Lipinski definition) is 0. The number of benzene rings is 2. The van der Waals surface area contributed by atoms with Crippen molar-refractivity contribution >= 4 is 16.3 Å². The van der Waals surface area contributed by atoms with E-state index in [1.54, 1.807) is 0 Å². The summed E-state index contributed by atoms with van der Waals surface area (Å²) in [5.41, 5.74) is 3.44. The van der Waals surface area contributed by atoms with Gasteiger partial charge in [0.1, 0.15) is 10.8 Å². The maximum absolute atomic E-state index is 5.60. The molecule has 0 saturated carbocycles. The van der Waals surface area contributed by atoms with Gasteiger partial charge in [-0.3, -0.25) is 0 Å². The van der Waals surface area contributed by atoms with Crippen molar-refractivity contribution in [2.75, 3.05) is 6.61 Å². The van der Waals surface area contributed by atoms with E-state index in [0.717, 1.165) is 32.7 Å². The summed E-state index contributed by atoms with van der Waals surface area (Å²) in [7, 11) is 0. The van der Waals surface area contributed by atoms with Crippen molar-refractivity contribution in [3.8, 4) is 27.7 Å². The molecular formula is C21H22N4OS. The second-order valence-electron chi connectivity index (χ2n) is 7.41. The smallest absolute Gasteiger partial charge is 0.235 e. The molecule has 0 unspecified atom stereocenters. The van der Waals surface area contributed by atoms with Gasteiger partial charge in [0, 0.05) is 11.1 Å². The van der Waals surface area contributed by atoms with Crippen molar-refractivity contribution in [3.63, 3.8) is 0 Å². The predicted molar refractivity (Wildman–Crippen MR) is 109 cm³/mol. The Morgan fingerprint density at radius 2 is 1.78 bits per heavy atom. The van der Waals surface area contributed by atoms with E-state index in [0.29, 0.717) is 6.61 Å². The lowest BCUT2D eigenvalue weighted by Gasteiger charge is -2.18. The Labute approximate surface area is 162 Å². The minimum atomic E-state index is 0.123. The van der Waals surface area contributed by atoms with Crippen molar-refractivity contribution in [1.82, 2.24) is 19.8 Å². The fourth-order valence-electron chi connectivity index (χ4n) is 2.92. The lowest BCUT2D eigenvalue weighted by molar-refractivity contribution is 0.340. The van der Waals surface area contributed by atoms with E-state index in [1.807, 2.05) is 35.7 Å². The molecule has 0 saturated heterocycles. The second-order valence-corrected chi connectivity index (χ2v) is 8.37. The van der Waals surface area contributed by atoms with Gasteiger partial charge in [-0.1, -0.05) is 68.5 Å². The van der Waals surface area contributed by atoms with Crippen LogP contribution in [0.1, 0.15) is 33.3 Å². The maximum atomic E-state index is 5.60. The summed E-state index contributed by atoms with van der Waals surface area (Å²) in [5.74, 6) is 1.60. The van der Waals surface area contributed by atoms with E-state index in [4.69, 9.17) is 9.84 Å². The van der Waals surface area contributed by atoms with Crippen LogP contribution in [-0.4, -0.2) is 26.4 Å². The van der Waals surface area contributed by atoms with Gasteiger partial charge in [0.2, 0.25) is 4.96 Å². The van der Waals surface area contributed by atoms with Crippen LogP contribution in [0.2, 0.25) is 0 Å². The highest BCUT2D eigenvalue weighted by atomic mass is 32.1. The van der Waals surface area contributed by atoms with Gasteiger partial charge < -0.3 is 4.74 Å². The summed E-state index contributed by atoms with van der Waals surface area (Å²) in [5, 5.41) is 14.3. The SMILES string of the molecule is CCOc1cccc(-c2nn3c(-c4ccc(C(C)(C)C)cc4)nnc3s2)c1. The zero-order valence-electron chi connectivity index (χ0n) is 15.9. The largest absolute Gasteiger partial charge is 0.494 e. The van der Waals surface area contributed by atoms with Gasteiger partial charge in [-0.25, -0.2) is 0 Å². The number of aromatic nitrogens is 4. The van der Waals surface area contributed by atoms with Crippen LogP contribution in [0.3, 0.4) is 0 Å². The first-order chi connectivity index (χ1) is 13.0. The summed E-state index contributed by atoms with van der Waals surface area (Å²) in [6.45, 7) is 9.25. The predicted octanol–water partition coefficient (Wildman–Crippen LogP) is 5.22. The van der Waals surface area contributed by atoms with Crippen molar-refractivity contribution in [2.45, 2.75) is 33.1 Å². The van der Waals surface area contributed by atoms with E-state index >= 15 is 0 Å². The Bertz CT molecular complexity index is 1070. The summed E-state index contributed by atoms with van der Waals surface area (Å²) in [4.78, 5) is 0.779. The zero-order valence-corrected chi connectivity index (χ0v) is 16.7. The summed E-state index contributed by atoms with van der Waals surface area (Å²) >= 11 is 1.52. The van der Waals surface area contributed by atoms with E-state index in [2.05, 4.69) is 55.2 Å². The molecule has 0 amide bonds. The molecular weight excluding hydrogens is 356 g/mol. The van der Waals surface area contributed by atoms with Crippen LogP contribution in [0, 0.1) is 0 Å². The molecule has 0 bridgehead atoms. The van der Waals surface area contributed by atoms with Crippen LogP contribution >= 0.6 is 11.3 Å². The van der Waals surface area contributed by atoms with E-state index in [-0.39, 0.29) is 5.41 Å². The molecule has 0 spiro atoms. The van der Waals surface area contributed by atoms with Crippen LogP contribution in [0.15, 0.2) is 48.5 Å². The first-order valence-electron chi connectivity index (χ1n) is 9.02. The minimum absolute atomic E-state index is 0.123. The van der Waals surface area contributed by atoms with Crippen molar-refractivity contribution < 1.29 is 4.74 Å². The molecule has 0 aliphatic rings. The molecule has 4 aromatic rings. The third-order valence-electron chi connectivity index (χ3n) is 4.39. The fourth-order valence-corrected chi connectivity index (χ4v) is 3.75. The van der Waals surface area contributed by atoms with Crippen molar-refractivity contribution in [2.24, 2.45) is 0 Å². The molecule has 0 atom stereocenters. The lowest BCUT2D eigenvalue weighted by atomic mass is 9.87. The van der Waals surface area contributed by atoms with E-state index in [1.165, 1.54) is 16.9 Å². The molecule has 0 radical (unpaired) electrons. The molecule has 5 nitrogen and oxygen atoms in total. The average molecular weight is 379 g/mol. The Balaban J connectivity index is 1.71. The van der Waals surface area contributed by atoms with Gasteiger partial charge in [0.15, 0.2) is 5.82 Å². The summed E-state index contributed by atoms with van der Waals surface area (Å²) in [6, 6.07) is 16.4. The normalized spacial score (nSPS) is 11.9. The molecule has 0 fully saturated rings. The average Bonchev–Trinajstić information content (AvgIpc) is 3.22. The second kappa shape index (κ2) is 6.78. The molecule has 4 rings (SSSR count). The van der Waals surface area contributed by atoms with Crippen LogP contribution in [0.25, 0.3) is 26.9 Å². The van der Waals surface area contributed by atoms with Crippen LogP contribution in [0.5, 0.6) is 5.75 Å². The van der Waals surface area contributed by atoms with Crippen LogP contribution in [0.4, 0.5) is 0 Å². The summed E-state index contributed by atoms with van der Waals surface area (Å²) in [6.07, 6.45) is 0. The van der Waals surface area contributed by atoms with Gasteiger partial charge in [0.05, 0.1) is 6.61 Å². The van der Waals surface area contributed by atoms with Crippen LogP contribution in [-0.2, 0) is 5.41 Å². The lowest BCUT2D eigenvalue weighted by Crippen LogP contribution is -2.10. The van der Waals surface area contributed by atoms with Crippen molar-refractivity contribution in [3.05, 3.63) is 54.1 Å². The fraction of sp³-hybridized carbons (Fsp3) is 0.286. The third-order valence-corrected chi connectivity index (χ3v) is 5.34. The minimum Gasteiger partial charge on any atom is -0.494 e. The molecule has 2 aromatic heterocycles. The Morgan fingerprint density at radius 1 is 1.00 bits per heavy atom. The Hall–Kier alpha value is -2.73. The molecule has 0 N–H and O–H groups in total. The molecule has 0 aliphatic carbocycles. The molecule has 2 aromatic carbocycles. The first-order valence-corrected chi connectivity index (χ1v) is 9.84. The molecule has 6 heteroatoms. The molecule has 27 heavy (non-hydrogen) atoms. The molecule has 0 aliphatic heterocycles. The summed E-state index contributed by atoms with van der Waals surface area (Å²) < 4.78 is 7.42. The zero-order chi connectivity index (χ0) is 19.0. The Morgan fingerprint density at radius 3 is 2.48 bits per heavy atom. The number of rotatable bonds is 4. The Kier molecular flexibility index (Phi) is 4.44. The van der Waals surface area contributed by atoms with Crippen LogP contribution < -0.4 is 4.74 Å². The number of hydrogen-bond acceptors (Lipinski definition) is 5.